The van der Waals surface area contributed by atoms with Gasteiger partial charge in [-0.05, 0) is 26.0 Å². The van der Waals surface area contributed by atoms with Gasteiger partial charge in [0, 0.05) is 17.0 Å². The number of hydrogen-bond acceptors (Lipinski definition) is 5. The van der Waals surface area contributed by atoms with Crippen molar-refractivity contribution in [1.29, 1.82) is 0 Å². The SMILES string of the molecule is COC(=O)C1=C(C)NC(C)=C(C(=O)OC)C1c1c(F)cccc1F. The molecule has 0 spiro atoms. The maximum atomic E-state index is 14.4. The van der Waals surface area contributed by atoms with E-state index in [0.717, 1.165) is 26.4 Å². The molecule has 0 saturated heterocycles. The molecule has 0 unspecified atom stereocenters. The Morgan fingerprint density at radius 2 is 1.38 bits per heavy atom. The molecule has 1 aliphatic heterocycles. The highest BCUT2D eigenvalue weighted by molar-refractivity contribution is 5.99. The third-order valence-corrected chi connectivity index (χ3v) is 3.86. The van der Waals surface area contributed by atoms with Gasteiger partial charge < -0.3 is 14.8 Å². The largest absolute Gasteiger partial charge is 0.466 e. The Hall–Kier alpha value is -2.70. The number of esters is 2. The van der Waals surface area contributed by atoms with Crippen LogP contribution in [0.1, 0.15) is 25.3 Å². The average Bonchev–Trinajstić information content (AvgIpc) is 2.53. The van der Waals surface area contributed by atoms with E-state index in [-0.39, 0.29) is 11.1 Å². The number of allylic oxidation sites excluding steroid dienone is 2. The normalized spacial score (nSPS) is 15.2. The maximum absolute atomic E-state index is 14.4. The van der Waals surface area contributed by atoms with Gasteiger partial charge >= 0.3 is 11.9 Å². The summed E-state index contributed by atoms with van der Waals surface area (Å²) >= 11 is 0. The Morgan fingerprint density at radius 3 is 1.75 bits per heavy atom. The van der Waals surface area contributed by atoms with Gasteiger partial charge in [-0.25, -0.2) is 18.4 Å². The Balaban J connectivity index is 2.80. The van der Waals surface area contributed by atoms with Crippen molar-refractivity contribution < 1.29 is 27.8 Å². The van der Waals surface area contributed by atoms with Crippen molar-refractivity contribution in [3.63, 3.8) is 0 Å². The quantitative estimate of drug-likeness (QED) is 0.859. The Kier molecular flexibility index (Phi) is 5.02. The summed E-state index contributed by atoms with van der Waals surface area (Å²) in [5.74, 6) is -4.59. The van der Waals surface area contributed by atoms with Crippen molar-refractivity contribution in [1.82, 2.24) is 5.32 Å². The summed E-state index contributed by atoms with van der Waals surface area (Å²) in [6.45, 7) is 3.13. The molecule has 0 atom stereocenters. The zero-order chi connectivity index (χ0) is 18.0. The van der Waals surface area contributed by atoms with E-state index in [4.69, 9.17) is 9.47 Å². The van der Waals surface area contributed by atoms with Gasteiger partial charge in [-0.1, -0.05) is 6.07 Å². The van der Waals surface area contributed by atoms with E-state index in [1.54, 1.807) is 13.8 Å². The van der Waals surface area contributed by atoms with Crippen molar-refractivity contribution in [3.8, 4) is 0 Å². The van der Waals surface area contributed by atoms with E-state index in [1.807, 2.05) is 0 Å². The second kappa shape index (κ2) is 6.82. The third-order valence-electron chi connectivity index (χ3n) is 3.86. The fourth-order valence-electron chi connectivity index (χ4n) is 2.83. The van der Waals surface area contributed by atoms with E-state index < -0.39 is 35.1 Å². The molecule has 0 radical (unpaired) electrons. The van der Waals surface area contributed by atoms with E-state index in [0.29, 0.717) is 11.4 Å². The van der Waals surface area contributed by atoms with Gasteiger partial charge in [0.15, 0.2) is 0 Å². The average molecular weight is 337 g/mol. The monoisotopic (exact) mass is 337 g/mol. The number of methoxy groups -OCH3 is 2. The topological polar surface area (TPSA) is 64.6 Å². The summed E-state index contributed by atoms with van der Waals surface area (Å²) in [5, 5.41) is 2.86. The van der Waals surface area contributed by atoms with E-state index in [2.05, 4.69) is 5.32 Å². The summed E-state index contributed by atoms with van der Waals surface area (Å²) in [6, 6.07) is 3.34. The van der Waals surface area contributed by atoms with Crippen LogP contribution in [0.5, 0.6) is 0 Å². The number of dihydropyridines is 1. The first-order chi connectivity index (χ1) is 11.3. The molecule has 2 rings (SSSR count). The fourth-order valence-corrected chi connectivity index (χ4v) is 2.83. The van der Waals surface area contributed by atoms with Crippen LogP contribution in [-0.2, 0) is 19.1 Å². The smallest absolute Gasteiger partial charge is 0.336 e. The fraction of sp³-hybridized carbons (Fsp3) is 0.294. The number of halogens is 2. The summed E-state index contributed by atoms with van der Waals surface area (Å²) in [5.41, 5.74) is 0.192. The molecule has 128 valence electrons. The minimum atomic E-state index is -1.27. The van der Waals surface area contributed by atoms with Crippen molar-refractivity contribution >= 4 is 11.9 Å². The van der Waals surface area contributed by atoms with Gasteiger partial charge in [0.1, 0.15) is 11.6 Å². The van der Waals surface area contributed by atoms with Crippen LogP contribution >= 0.6 is 0 Å². The molecule has 0 bridgehead atoms. The molecule has 1 N–H and O–H groups in total. The molecule has 1 aliphatic rings. The molecule has 1 heterocycles. The highest BCUT2D eigenvalue weighted by Gasteiger charge is 2.40. The molecular weight excluding hydrogens is 320 g/mol. The lowest BCUT2D eigenvalue weighted by Crippen LogP contribution is -2.32. The minimum absolute atomic E-state index is 0.0486. The Bertz CT molecular complexity index is 710. The second-order valence-electron chi connectivity index (χ2n) is 5.25. The summed E-state index contributed by atoms with van der Waals surface area (Å²) in [4.78, 5) is 24.4. The highest BCUT2D eigenvalue weighted by atomic mass is 19.1. The molecular formula is C17H17F2NO4. The predicted octanol–water partition coefficient (Wildman–Crippen LogP) is 2.55. The molecule has 24 heavy (non-hydrogen) atoms. The van der Waals surface area contributed by atoms with Crippen molar-refractivity contribution in [2.24, 2.45) is 0 Å². The lowest BCUT2D eigenvalue weighted by Gasteiger charge is -2.30. The van der Waals surface area contributed by atoms with Crippen LogP contribution in [-0.4, -0.2) is 26.2 Å². The number of nitrogens with one attached hydrogen (secondary N) is 1. The first-order valence-corrected chi connectivity index (χ1v) is 7.12. The first kappa shape index (κ1) is 17.7. The molecule has 1 aromatic rings. The van der Waals surface area contributed by atoms with Crippen molar-refractivity contribution in [3.05, 3.63) is 57.9 Å². The predicted molar refractivity (Wildman–Crippen MR) is 81.7 cm³/mol. The number of hydrogen-bond donors (Lipinski definition) is 1. The van der Waals surface area contributed by atoms with Gasteiger partial charge in [-0.2, -0.15) is 0 Å². The van der Waals surface area contributed by atoms with Gasteiger partial charge in [0.25, 0.3) is 0 Å². The molecule has 5 nitrogen and oxygen atoms in total. The molecule has 0 saturated carbocycles. The Labute approximate surface area is 137 Å². The number of carbonyl (C=O) groups is 2. The van der Waals surface area contributed by atoms with Crippen LogP contribution in [0.2, 0.25) is 0 Å². The number of rotatable bonds is 3. The van der Waals surface area contributed by atoms with Crippen LogP contribution in [0.25, 0.3) is 0 Å². The van der Waals surface area contributed by atoms with Crippen molar-refractivity contribution in [2.45, 2.75) is 19.8 Å². The summed E-state index contributed by atoms with van der Waals surface area (Å²) < 4.78 is 38.2. The van der Waals surface area contributed by atoms with E-state index in [1.165, 1.54) is 6.07 Å². The van der Waals surface area contributed by atoms with Gasteiger partial charge in [0.2, 0.25) is 0 Å². The maximum Gasteiger partial charge on any atom is 0.336 e. The molecule has 7 heteroatoms. The van der Waals surface area contributed by atoms with Crippen LogP contribution in [0.3, 0.4) is 0 Å². The number of ether oxygens (including phenoxy) is 2. The summed E-state index contributed by atoms with van der Waals surface area (Å²) in [7, 11) is 2.31. The lowest BCUT2D eigenvalue weighted by atomic mass is 9.80. The third kappa shape index (κ3) is 2.89. The molecule has 0 amide bonds. The second-order valence-corrected chi connectivity index (χ2v) is 5.25. The number of carbonyl (C=O) groups excluding carboxylic acids is 2. The van der Waals surface area contributed by atoms with Gasteiger partial charge in [0.05, 0.1) is 31.3 Å². The van der Waals surface area contributed by atoms with E-state index in [9.17, 15) is 18.4 Å². The van der Waals surface area contributed by atoms with E-state index >= 15 is 0 Å². The van der Waals surface area contributed by atoms with Gasteiger partial charge in [-0.3, -0.25) is 0 Å². The molecule has 0 aliphatic carbocycles. The molecule has 1 aromatic carbocycles. The van der Waals surface area contributed by atoms with Crippen molar-refractivity contribution in [2.75, 3.05) is 14.2 Å². The molecule has 0 aromatic heterocycles. The van der Waals surface area contributed by atoms with Gasteiger partial charge in [-0.15, -0.1) is 0 Å². The van der Waals surface area contributed by atoms with Crippen LogP contribution in [0.4, 0.5) is 8.78 Å². The van der Waals surface area contributed by atoms with Crippen LogP contribution < -0.4 is 5.32 Å². The zero-order valence-electron chi connectivity index (χ0n) is 13.7. The lowest BCUT2D eigenvalue weighted by molar-refractivity contribution is -0.137. The minimum Gasteiger partial charge on any atom is -0.466 e. The summed E-state index contributed by atoms with van der Waals surface area (Å²) in [6.07, 6.45) is 0. The number of benzene rings is 1. The van der Waals surface area contributed by atoms with Crippen LogP contribution in [0, 0.1) is 11.6 Å². The molecule has 0 fully saturated rings. The highest BCUT2D eigenvalue weighted by Crippen LogP contribution is 2.41. The standard InChI is InChI=1S/C17H17F2NO4/c1-8-12(16(21)23-3)15(13(9(2)20-8)17(22)24-4)14-10(18)6-5-7-11(14)19/h5-7,15,20H,1-4H3. The first-order valence-electron chi connectivity index (χ1n) is 7.12. The van der Waals surface area contributed by atoms with Crippen LogP contribution in [0.15, 0.2) is 40.7 Å². The Morgan fingerprint density at radius 1 is 0.958 bits per heavy atom. The zero-order valence-corrected chi connectivity index (χ0v) is 13.7.